The van der Waals surface area contributed by atoms with Gasteiger partial charge in [0.25, 0.3) is 5.56 Å². The molecule has 5 aromatic rings. The number of aromatic amines is 2. The second kappa shape index (κ2) is 9.72. The van der Waals surface area contributed by atoms with Crippen molar-refractivity contribution in [3.8, 4) is 22.5 Å². The number of aromatic nitrogens is 8. The molecule has 0 bridgehead atoms. The van der Waals surface area contributed by atoms with Crippen molar-refractivity contribution in [1.82, 2.24) is 40.4 Å². The van der Waals surface area contributed by atoms with Gasteiger partial charge in [-0.15, -0.1) is 10.2 Å². The smallest absolute Gasteiger partial charge is 0.290 e. The average Bonchev–Trinajstić information content (AvgIpc) is 3.59. The van der Waals surface area contributed by atoms with Crippen LogP contribution in [0.4, 0.5) is 0 Å². The van der Waals surface area contributed by atoms with Gasteiger partial charge >= 0.3 is 0 Å². The Labute approximate surface area is 214 Å². The SMILES string of the molecule is CC(C)c1nc2c(C3CCCCC3)n[nH]c(=O)c2n1Cc1ccc(-c2ccccc2-c2nn[nH]n2)cc1. The van der Waals surface area contributed by atoms with Crippen LogP contribution in [0.1, 0.15) is 74.9 Å². The van der Waals surface area contributed by atoms with Gasteiger partial charge in [0.15, 0.2) is 0 Å². The standard InChI is InChI=1S/C28H30N8O/c1-17(2)27-29-24-23(20-8-4-3-5-9-20)30-33-28(37)25(24)36(27)16-18-12-14-19(15-13-18)21-10-6-7-11-22(21)26-31-34-35-32-26/h6-7,10-15,17,20H,3-5,8-9,16H2,1-2H3,(H,33,37)(H,31,32,34,35). The number of fused-ring (bicyclic) bond motifs is 1. The minimum Gasteiger partial charge on any atom is -0.319 e. The fraction of sp³-hybridized carbons (Fsp3) is 0.357. The molecule has 0 amide bonds. The van der Waals surface area contributed by atoms with E-state index in [-0.39, 0.29) is 11.5 Å². The first-order chi connectivity index (χ1) is 18.1. The topological polar surface area (TPSA) is 118 Å². The lowest BCUT2D eigenvalue weighted by molar-refractivity contribution is 0.436. The van der Waals surface area contributed by atoms with Gasteiger partial charge in [0, 0.05) is 23.9 Å². The molecule has 0 unspecified atom stereocenters. The molecule has 0 spiro atoms. The summed E-state index contributed by atoms with van der Waals surface area (Å²) in [5, 5.41) is 21.8. The van der Waals surface area contributed by atoms with E-state index in [1.54, 1.807) is 0 Å². The summed E-state index contributed by atoms with van der Waals surface area (Å²) < 4.78 is 2.08. The third-order valence-corrected chi connectivity index (χ3v) is 7.36. The fourth-order valence-corrected chi connectivity index (χ4v) is 5.54. The van der Waals surface area contributed by atoms with Gasteiger partial charge < -0.3 is 4.57 Å². The Kier molecular flexibility index (Phi) is 6.12. The molecule has 1 fully saturated rings. The van der Waals surface area contributed by atoms with Crippen LogP contribution in [0.2, 0.25) is 0 Å². The summed E-state index contributed by atoms with van der Waals surface area (Å²) in [7, 11) is 0. The average molecular weight is 495 g/mol. The van der Waals surface area contributed by atoms with Crippen LogP contribution in [0, 0.1) is 0 Å². The highest BCUT2D eigenvalue weighted by Gasteiger charge is 2.25. The van der Waals surface area contributed by atoms with Crippen LogP contribution in [0.25, 0.3) is 33.5 Å². The van der Waals surface area contributed by atoms with Crippen LogP contribution < -0.4 is 5.56 Å². The van der Waals surface area contributed by atoms with E-state index in [2.05, 4.69) is 79.6 Å². The molecule has 188 valence electrons. The Morgan fingerprint density at radius 1 is 0.973 bits per heavy atom. The zero-order chi connectivity index (χ0) is 25.4. The molecule has 0 aliphatic heterocycles. The Hall–Kier alpha value is -4.14. The molecule has 1 saturated carbocycles. The van der Waals surface area contributed by atoms with Crippen molar-refractivity contribution >= 4 is 11.0 Å². The van der Waals surface area contributed by atoms with Crippen LogP contribution in [0.5, 0.6) is 0 Å². The predicted octanol–water partition coefficient (Wildman–Crippen LogP) is 5.19. The molecule has 1 aliphatic carbocycles. The van der Waals surface area contributed by atoms with Gasteiger partial charge in [-0.1, -0.05) is 81.6 Å². The number of imidazole rings is 1. The summed E-state index contributed by atoms with van der Waals surface area (Å²) in [6.45, 7) is 4.81. The molecular weight excluding hydrogens is 464 g/mol. The third-order valence-electron chi connectivity index (χ3n) is 7.36. The molecule has 6 rings (SSSR count). The predicted molar refractivity (Wildman–Crippen MR) is 142 cm³/mol. The second-order valence-corrected chi connectivity index (χ2v) is 10.2. The number of rotatable bonds is 6. The first-order valence-corrected chi connectivity index (χ1v) is 13.0. The molecular formula is C28H30N8O. The molecule has 9 nitrogen and oxygen atoms in total. The van der Waals surface area contributed by atoms with Crippen LogP contribution in [0.15, 0.2) is 53.3 Å². The summed E-state index contributed by atoms with van der Waals surface area (Å²) >= 11 is 0. The van der Waals surface area contributed by atoms with E-state index in [4.69, 9.17) is 4.98 Å². The highest BCUT2D eigenvalue weighted by Crippen LogP contribution is 2.35. The first kappa shape index (κ1) is 23.3. The second-order valence-electron chi connectivity index (χ2n) is 10.2. The summed E-state index contributed by atoms with van der Waals surface area (Å²) in [5.41, 5.74) is 6.27. The van der Waals surface area contributed by atoms with Crippen molar-refractivity contribution in [3.05, 3.63) is 76.0 Å². The summed E-state index contributed by atoms with van der Waals surface area (Å²) in [4.78, 5) is 18.1. The van der Waals surface area contributed by atoms with Gasteiger partial charge in [0.1, 0.15) is 16.9 Å². The third kappa shape index (κ3) is 4.34. The van der Waals surface area contributed by atoms with Crippen molar-refractivity contribution in [3.63, 3.8) is 0 Å². The van der Waals surface area contributed by atoms with Crippen molar-refractivity contribution in [2.24, 2.45) is 0 Å². The maximum Gasteiger partial charge on any atom is 0.290 e. The molecule has 2 aromatic carbocycles. The van der Waals surface area contributed by atoms with Gasteiger partial charge in [0.2, 0.25) is 5.82 Å². The Bertz CT molecular complexity index is 1580. The molecule has 0 atom stereocenters. The molecule has 3 aromatic heterocycles. The first-order valence-electron chi connectivity index (χ1n) is 13.0. The lowest BCUT2D eigenvalue weighted by Crippen LogP contribution is -2.18. The summed E-state index contributed by atoms with van der Waals surface area (Å²) in [6.07, 6.45) is 5.87. The number of H-pyrrole nitrogens is 2. The molecule has 37 heavy (non-hydrogen) atoms. The molecule has 0 radical (unpaired) electrons. The number of nitrogens with one attached hydrogen (secondary N) is 2. The number of hydrogen-bond donors (Lipinski definition) is 2. The number of benzene rings is 2. The van der Waals surface area contributed by atoms with Crippen molar-refractivity contribution < 1.29 is 0 Å². The summed E-state index contributed by atoms with van der Waals surface area (Å²) in [5.74, 6) is 2.01. The lowest BCUT2D eigenvalue weighted by atomic mass is 9.86. The number of tetrazole rings is 1. The Morgan fingerprint density at radius 2 is 1.73 bits per heavy atom. The number of nitrogens with zero attached hydrogens (tertiary/aromatic N) is 6. The molecule has 9 heteroatoms. The maximum atomic E-state index is 13.1. The van der Waals surface area contributed by atoms with Crippen LogP contribution in [-0.2, 0) is 6.54 Å². The molecule has 0 saturated heterocycles. The van der Waals surface area contributed by atoms with E-state index in [9.17, 15) is 4.79 Å². The quantitative estimate of drug-likeness (QED) is 0.336. The molecule has 3 heterocycles. The van der Waals surface area contributed by atoms with E-state index in [0.717, 1.165) is 52.1 Å². The minimum atomic E-state index is -0.181. The zero-order valence-electron chi connectivity index (χ0n) is 21.1. The highest BCUT2D eigenvalue weighted by atomic mass is 16.1. The van der Waals surface area contributed by atoms with E-state index < -0.39 is 0 Å². The van der Waals surface area contributed by atoms with Crippen LogP contribution in [-0.4, -0.2) is 40.4 Å². The van der Waals surface area contributed by atoms with Gasteiger partial charge in [0.05, 0.1) is 5.69 Å². The van der Waals surface area contributed by atoms with E-state index in [0.29, 0.717) is 23.8 Å². The normalized spacial score (nSPS) is 14.6. The maximum absolute atomic E-state index is 13.1. The monoisotopic (exact) mass is 494 g/mol. The Morgan fingerprint density at radius 3 is 2.43 bits per heavy atom. The van der Waals surface area contributed by atoms with Gasteiger partial charge in [-0.05, 0) is 34.7 Å². The van der Waals surface area contributed by atoms with E-state index in [1.165, 1.54) is 19.3 Å². The molecule has 1 aliphatic rings. The minimum absolute atomic E-state index is 0.173. The Balaban J connectivity index is 1.38. The largest absolute Gasteiger partial charge is 0.319 e. The number of hydrogen-bond acceptors (Lipinski definition) is 6. The van der Waals surface area contributed by atoms with Gasteiger partial charge in [-0.2, -0.15) is 10.3 Å². The van der Waals surface area contributed by atoms with Crippen LogP contribution >= 0.6 is 0 Å². The fourth-order valence-electron chi connectivity index (χ4n) is 5.54. The molecule has 2 N–H and O–H groups in total. The zero-order valence-corrected chi connectivity index (χ0v) is 21.1. The van der Waals surface area contributed by atoms with Crippen molar-refractivity contribution in [2.75, 3.05) is 0 Å². The van der Waals surface area contributed by atoms with Crippen molar-refractivity contribution in [2.45, 2.75) is 64.3 Å². The van der Waals surface area contributed by atoms with Crippen molar-refractivity contribution in [1.29, 1.82) is 0 Å². The van der Waals surface area contributed by atoms with Gasteiger partial charge in [-0.3, -0.25) is 4.79 Å². The van der Waals surface area contributed by atoms with Gasteiger partial charge in [-0.25, -0.2) is 10.1 Å². The highest BCUT2D eigenvalue weighted by molar-refractivity contribution is 5.80. The summed E-state index contributed by atoms with van der Waals surface area (Å²) in [6, 6.07) is 16.4. The van der Waals surface area contributed by atoms with E-state index >= 15 is 0 Å². The lowest BCUT2D eigenvalue weighted by Gasteiger charge is -2.20. The van der Waals surface area contributed by atoms with E-state index in [1.807, 2.05) is 18.2 Å². The van der Waals surface area contributed by atoms with Crippen LogP contribution in [0.3, 0.4) is 0 Å².